The Hall–Kier alpha value is -3.36. The lowest BCUT2D eigenvalue weighted by Crippen LogP contribution is -2.35. The first-order chi connectivity index (χ1) is 14.6. The van der Waals surface area contributed by atoms with Gasteiger partial charge in [0.25, 0.3) is 0 Å². The van der Waals surface area contributed by atoms with Gasteiger partial charge in [0.15, 0.2) is 11.5 Å². The quantitative estimate of drug-likeness (QED) is 0.398. The lowest BCUT2D eigenvalue weighted by atomic mass is 9.75. The van der Waals surface area contributed by atoms with Crippen LogP contribution < -0.4 is 10.1 Å². The number of dihydropyridines is 1. The Morgan fingerprint density at radius 2 is 2.06 bits per heavy atom. The zero-order valence-corrected chi connectivity index (χ0v) is 18.0. The molecule has 0 spiro atoms. The topological polar surface area (TPSA) is 128 Å². The van der Waals surface area contributed by atoms with E-state index >= 15 is 0 Å². The third-order valence-electron chi connectivity index (χ3n) is 5.25. The molecule has 9 nitrogen and oxygen atoms in total. The molecule has 1 atom stereocenters. The van der Waals surface area contributed by atoms with Crippen LogP contribution in [0.5, 0.6) is 11.5 Å². The normalized spacial score (nSPS) is 18.6. The number of esters is 1. The van der Waals surface area contributed by atoms with Crippen LogP contribution in [0.2, 0.25) is 0 Å². The van der Waals surface area contributed by atoms with Crippen molar-refractivity contribution in [3.63, 3.8) is 0 Å². The second-order valence-corrected chi connectivity index (χ2v) is 7.80. The molecule has 9 heteroatoms. The zero-order chi connectivity index (χ0) is 22.9. The number of ether oxygens (including phenoxy) is 2. The summed E-state index contributed by atoms with van der Waals surface area (Å²) in [6.45, 7) is 7.00. The van der Waals surface area contributed by atoms with Crippen LogP contribution in [0.1, 0.15) is 58.4 Å². The maximum absolute atomic E-state index is 13.0. The van der Waals surface area contributed by atoms with Crippen molar-refractivity contribution < 1.29 is 29.1 Å². The molecule has 0 amide bonds. The molecule has 0 saturated heterocycles. The number of aromatic hydroxyl groups is 1. The van der Waals surface area contributed by atoms with Crippen LogP contribution in [0.3, 0.4) is 0 Å². The number of benzene rings is 1. The number of rotatable bonds is 6. The molecule has 3 rings (SSSR count). The highest BCUT2D eigenvalue weighted by Crippen LogP contribution is 2.47. The SMILES string of the molecule is CCOc1cc([C@H]2C(C(=O)OC(C)C)=C(C)NC3=C2C(=O)CCC3)cc([N+](=O)[O-])c1O. The van der Waals surface area contributed by atoms with Crippen LogP contribution in [0.15, 0.2) is 34.7 Å². The Morgan fingerprint density at radius 1 is 1.35 bits per heavy atom. The summed E-state index contributed by atoms with van der Waals surface area (Å²) in [6, 6.07) is 2.64. The molecule has 1 aliphatic carbocycles. The van der Waals surface area contributed by atoms with Gasteiger partial charge in [-0.25, -0.2) is 4.79 Å². The van der Waals surface area contributed by atoms with E-state index < -0.39 is 28.2 Å². The summed E-state index contributed by atoms with van der Waals surface area (Å²) < 4.78 is 10.8. The van der Waals surface area contributed by atoms with Gasteiger partial charge < -0.3 is 19.9 Å². The van der Waals surface area contributed by atoms with Gasteiger partial charge in [-0.1, -0.05) is 0 Å². The van der Waals surface area contributed by atoms with Gasteiger partial charge in [-0.05, 0) is 52.2 Å². The molecule has 31 heavy (non-hydrogen) atoms. The highest BCUT2D eigenvalue weighted by atomic mass is 16.6. The number of hydrogen-bond acceptors (Lipinski definition) is 8. The predicted molar refractivity (Wildman–Crippen MR) is 112 cm³/mol. The summed E-state index contributed by atoms with van der Waals surface area (Å²) >= 11 is 0. The molecular weight excluding hydrogens is 404 g/mol. The summed E-state index contributed by atoms with van der Waals surface area (Å²) in [5.74, 6) is -2.28. The number of nitrogens with one attached hydrogen (secondary N) is 1. The van der Waals surface area contributed by atoms with E-state index in [1.165, 1.54) is 12.1 Å². The molecule has 1 heterocycles. The Kier molecular flexibility index (Phi) is 6.33. The number of phenols is 1. The fraction of sp³-hybridized carbons (Fsp3) is 0.455. The van der Waals surface area contributed by atoms with Gasteiger partial charge in [0.1, 0.15) is 0 Å². The van der Waals surface area contributed by atoms with Crippen LogP contribution in [0.25, 0.3) is 0 Å². The van der Waals surface area contributed by atoms with Crippen LogP contribution in [-0.2, 0) is 14.3 Å². The summed E-state index contributed by atoms with van der Waals surface area (Å²) in [6.07, 6.45) is 1.23. The summed E-state index contributed by atoms with van der Waals surface area (Å²) in [5, 5.41) is 25.0. The van der Waals surface area contributed by atoms with Crippen molar-refractivity contribution in [2.75, 3.05) is 6.61 Å². The standard InChI is InChI=1S/C22H26N2O7/c1-5-30-17-10-13(9-15(21(17)26)24(28)29)19-18(22(27)31-11(2)3)12(4)23-14-7-6-8-16(25)20(14)19/h9-11,19,23,26H,5-8H2,1-4H3/t19-/m0/s1. The first kappa shape index (κ1) is 22.3. The molecule has 0 radical (unpaired) electrons. The largest absolute Gasteiger partial charge is 0.500 e. The minimum absolute atomic E-state index is 0.0788. The number of nitro benzene ring substituents is 1. The first-order valence-corrected chi connectivity index (χ1v) is 10.2. The van der Waals surface area contributed by atoms with Crippen molar-refractivity contribution in [1.29, 1.82) is 0 Å². The van der Waals surface area contributed by atoms with Crippen molar-refractivity contribution in [1.82, 2.24) is 5.32 Å². The van der Waals surface area contributed by atoms with Gasteiger partial charge in [-0.2, -0.15) is 0 Å². The minimum atomic E-state index is -0.867. The molecule has 0 fully saturated rings. The van der Waals surface area contributed by atoms with E-state index in [2.05, 4.69) is 5.32 Å². The Morgan fingerprint density at radius 3 is 2.68 bits per heavy atom. The van der Waals surface area contributed by atoms with Crippen molar-refractivity contribution in [3.05, 3.63) is 50.4 Å². The summed E-state index contributed by atoms with van der Waals surface area (Å²) in [5.41, 5.74) is 1.60. The van der Waals surface area contributed by atoms with E-state index in [0.717, 1.165) is 0 Å². The third-order valence-corrected chi connectivity index (χ3v) is 5.25. The molecule has 0 aromatic heterocycles. The number of hydrogen-bond donors (Lipinski definition) is 2. The monoisotopic (exact) mass is 430 g/mol. The molecule has 1 aromatic rings. The minimum Gasteiger partial charge on any atom is -0.500 e. The van der Waals surface area contributed by atoms with Crippen molar-refractivity contribution in [2.45, 2.75) is 59.0 Å². The van der Waals surface area contributed by atoms with Gasteiger partial charge >= 0.3 is 11.7 Å². The van der Waals surface area contributed by atoms with Crippen LogP contribution in [-0.4, -0.2) is 34.5 Å². The summed E-state index contributed by atoms with van der Waals surface area (Å²) in [7, 11) is 0. The first-order valence-electron chi connectivity index (χ1n) is 10.2. The molecular formula is C22H26N2O7. The third kappa shape index (κ3) is 4.26. The zero-order valence-electron chi connectivity index (χ0n) is 18.0. The van der Waals surface area contributed by atoms with Gasteiger partial charge in [0.05, 0.1) is 23.2 Å². The van der Waals surface area contributed by atoms with Crippen molar-refractivity contribution in [2.24, 2.45) is 0 Å². The van der Waals surface area contributed by atoms with Crippen LogP contribution in [0, 0.1) is 10.1 Å². The Bertz CT molecular complexity index is 1010. The molecule has 1 aliphatic heterocycles. The highest BCUT2D eigenvalue weighted by Gasteiger charge is 2.40. The molecule has 0 saturated carbocycles. The van der Waals surface area contributed by atoms with Gasteiger partial charge in [0.2, 0.25) is 5.75 Å². The fourth-order valence-corrected chi connectivity index (χ4v) is 4.05. The van der Waals surface area contributed by atoms with Crippen LogP contribution in [0.4, 0.5) is 5.69 Å². The van der Waals surface area contributed by atoms with E-state index in [1.54, 1.807) is 27.7 Å². The average molecular weight is 430 g/mol. The van der Waals surface area contributed by atoms with Gasteiger partial charge in [-0.3, -0.25) is 14.9 Å². The number of nitro groups is 1. The summed E-state index contributed by atoms with van der Waals surface area (Å²) in [4.78, 5) is 36.8. The van der Waals surface area contributed by atoms with Crippen LogP contribution >= 0.6 is 0 Å². The lowest BCUT2D eigenvalue weighted by molar-refractivity contribution is -0.386. The molecule has 0 unspecified atom stereocenters. The smallest absolute Gasteiger partial charge is 0.337 e. The van der Waals surface area contributed by atoms with Crippen molar-refractivity contribution >= 4 is 17.4 Å². The molecule has 166 valence electrons. The number of allylic oxidation sites excluding steroid dienone is 3. The highest BCUT2D eigenvalue weighted by molar-refractivity contribution is 6.03. The number of carbonyl (C=O) groups is 2. The number of Topliss-reactive ketones (excluding diaryl/α,β-unsaturated/α-hetero) is 1. The average Bonchev–Trinajstić information content (AvgIpc) is 2.68. The second-order valence-electron chi connectivity index (χ2n) is 7.80. The lowest BCUT2D eigenvalue weighted by Gasteiger charge is -2.34. The van der Waals surface area contributed by atoms with Gasteiger partial charge in [-0.15, -0.1) is 0 Å². The number of nitrogens with zero attached hydrogens (tertiary/aromatic N) is 1. The van der Waals surface area contributed by atoms with Crippen molar-refractivity contribution in [3.8, 4) is 11.5 Å². The molecule has 2 aliphatic rings. The van der Waals surface area contributed by atoms with E-state index in [9.17, 15) is 24.8 Å². The molecule has 0 bridgehead atoms. The maximum Gasteiger partial charge on any atom is 0.337 e. The number of carbonyl (C=O) groups excluding carboxylic acids is 2. The Labute approximate surface area is 179 Å². The molecule has 1 aromatic carbocycles. The maximum atomic E-state index is 13.0. The van der Waals surface area contributed by atoms with E-state index in [4.69, 9.17) is 9.47 Å². The Balaban J connectivity index is 2.27. The number of phenolic OH excluding ortho intramolecular Hbond substituents is 1. The van der Waals surface area contributed by atoms with Gasteiger partial charge in [0, 0.05) is 35.4 Å². The van der Waals surface area contributed by atoms with E-state index in [-0.39, 0.29) is 29.8 Å². The number of ketones is 1. The van der Waals surface area contributed by atoms with E-state index in [1.807, 2.05) is 0 Å². The predicted octanol–water partition coefficient (Wildman–Crippen LogP) is 3.62. The second kappa shape index (κ2) is 8.79. The molecule has 2 N–H and O–H groups in total. The van der Waals surface area contributed by atoms with E-state index in [0.29, 0.717) is 41.8 Å². The fourth-order valence-electron chi connectivity index (χ4n) is 4.05.